The van der Waals surface area contributed by atoms with Gasteiger partial charge in [0.1, 0.15) is 22.6 Å². The number of anilines is 2. The summed E-state index contributed by atoms with van der Waals surface area (Å²) in [5.41, 5.74) is 4.24. The van der Waals surface area contributed by atoms with E-state index in [1.54, 1.807) is 29.2 Å². The van der Waals surface area contributed by atoms with Crippen molar-refractivity contribution in [2.45, 2.75) is 17.4 Å². The number of amides is 1. The largest absolute Gasteiger partial charge is 0.508 e. The number of carbonyl (C=O) groups is 1. The molecule has 4 aromatic rings. The molecule has 1 fully saturated rings. The van der Waals surface area contributed by atoms with Crippen LogP contribution in [-0.4, -0.2) is 46.2 Å². The van der Waals surface area contributed by atoms with Crippen molar-refractivity contribution in [1.82, 2.24) is 4.98 Å². The Hall–Kier alpha value is -3.88. The lowest BCUT2D eigenvalue weighted by Crippen LogP contribution is -2.57. The minimum atomic E-state index is -0.824. The average molecular weight is 530 g/mol. The molecule has 38 heavy (non-hydrogen) atoms. The first kappa shape index (κ1) is 25.8. The highest BCUT2D eigenvalue weighted by atomic mass is 32.2. The monoisotopic (exact) mass is 529 g/mol. The first-order chi connectivity index (χ1) is 18.3. The third-order valence-corrected chi connectivity index (χ3v) is 7.98. The zero-order valence-electron chi connectivity index (χ0n) is 21.0. The van der Waals surface area contributed by atoms with Gasteiger partial charge in [0, 0.05) is 37.3 Å². The quantitative estimate of drug-likeness (QED) is 0.290. The molecule has 0 bridgehead atoms. The molecule has 8 heteroatoms. The molecule has 1 aromatic heterocycles. The van der Waals surface area contributed by atoms with Crippen LogP contribution in [0.3, 0.4) is 0 Å². The van der Waals surface area contributed by atoms with Crippen LogP contribution in [0.1, 0.15) is 23.3 Å². The number of phenolic OH excluding ortho intramolecular Hbond substituents is 1. The van der Waals surface area contributed by atoms with Gasteiger partial charge in [-0.1, -0.05) is 36.4 Å². The Balaban J connectivity index is 1.36. The van der Waals surface area contributed by atoms with Gasteiger partial charge in [-0.2, -0.15) is 0 Å². The summed E-state index contributed by atoms with van der Waals surface area (Å²) < 4.78 is 13.3. The normalized spacial score (nSPS) is 17.7. The van der Waals surface area contributed by atoms with Gasteiger partial charge in [0.2, 0.25) is 5.91 Å². The average Bonchev–Trinajstić information content (AvgIpc) is 2.93. The third-order valence-electron chi connectivity index (χ3n) is 6.65. The van der Waals surface area contributed by atoms with E-state index in [-0.39, 0.29) is 23.5 Å². The summed E-state index contributed by atoms with van der Waals surface area (Å²) in [5.74, 6) is 0.906. The molecule has 0 radical (unpaired) electrons. The van der Waals surface area contributed by atoms with Crippen LogP contribution < -0.4 is 9.80 Å². The molecule has 194 valence electrons. The molecule has 6 nitrogen and oxygen atoms in total. The van der Waals surface area contributed by atoms with E-state index in [1.165, 1.54) is 23.9 Å². The molecule has 2 heterocycles. The number of nitrogens with zero attached hydrogens (tertiary/aromatic N) is 3. The Bertz CT molecular complexity index is 1400. The topological polar surface area (TPSA) is 76.9 Å². The molecular formula is C30H28FN3O3S. The fourth-order valence-electron chi connectivity index (χ4n) is 4.52. The molecule has 0 spiro atoms. The van der Waals surface area contributed by atoms with E-state index in [9.17, 15) is 19.4 Å². The predicted molar refractivity (Wildman–Crippen MR) is 150 cm³/mol. The highest BCUT2D eigenvalue weighted by Gasteiger charge is 2.49. The number of halogens is 1. The van der Waals surface area contributed by atoms with Gasteiger partial charge in [0.05, 0.1) is 12.1 Å². The molecule has 1 aliphatic rings. The third kappa shape index (κ3) is 5.23. The summed E-state index contributed by atoms with van der Waals surface area (Å²) in [6.07, 6.45) is 1.01. The second kappa shape index (κ2) is 10.8. The van der Waals surface area contributed by atoms with Crippen LogP contribution in [0.25, 0.3) is 11.1 Å². The number of aliphatic hydroxyl groups excluding tert-OH is 1. The first-order valence-corrected chi connectivity index (χ1v) is 13.3. The number of phenols is 1. The molecule has 3 atom stereocenters. The number of hydrogen-bond donors (Lipinski definition) is 2. The van der Waals surface area contributed by atoms with Crippen LogP contribution in [0.4, 0.5) is 15.9 Å². The zero-order valence-corrected chi connectivity index (χ0v) is 21.8. The van der Waals surface area contributed by atoms with Gasteiger partial charge in [-0.15, -0.1) is 11.8 Å². The van der Waals surface area contributed by atoms with E-state index in [2.05, 4.69) is 4.98 Å². The molecule has 1 saturated heterocycles. The second-order valence-electron chi connectivity index (χ2n) is 9.41. The smallest absolute Gasteiger partial charge is 0.243 e. The van der Waals surface area contributed by atoms with Crippen molar-refractivity contribution in [3.63, 3.8) is 0 Å². The van der Waals surface area contributed by atoms with Gasteiger partial charge in [0.15, 0.2) is 0 Å². The zero-order chi connectivity index (χ0) is 26.8. The second-order valence-corrected chi connectivity index (χ2v) is 10.6. The lowest BCUT2D eigenvalue weighted by atomic mass is 9.92. The van der Waals surface area contributed by atoms with E-state index in [1.807, 2.05) is 73.7 Å². The van der Waals surface area contributed by atoms with Crippen LogP contribution in [0, 0.1) is 5.82 Å². The van der Waals surface area contributed by atoms with Crippen LogP contribution in [0.5, 0.6) is 5.75 Å². The van der Waals surface area contributed by atoms with Gasteiger partial charge < -0.3 is 20.0 Å². The van der Waals surface area contributed by atoms with Gasteiger partial charge in [-0.25, -0.2) is 9.37 Å². The lowest BCUT2D eigenvalue weighted by Gasteiger charge is -2.47. The van der Waals surface area contributed by atoms with Gasteiger partial charge in [-0.3, -0.25) is 4.79 Å². The molecular weight excluding hydrogens is 501 g/mol. The Morgan fingerprint density at radius 2 is 1.61 bits per heavy atom. The Kier molecular flexibility index (Phi) is 7.35. The molecule has 1 amide bonds. The van der Waals surface area contributed by atoms with Crippen LogP contribution in [-0.2, 0) is 4.79 Å². The Morgan fingerprint density at radius 3 is 2.21 bits per heavy atom. The van der Waals surface area contributed by atoms with Crippen molar-refractivity contribution < 1.29 is 19.4 Å². The number of pyridine rings is 1. The molecule has 1 aliphatic heterocycles. The standard InChI is InChI=1S/C30H28FN3O3S/c1-33(2)27-16-9-22(17-32-27)19-5-12-24(13-6-19)34-28(21-7-14-25(35)15-8-21)29(30(34)37)38-18-26(36)20-3-10-23(31)11-4-20/h3-17,26,28-29,35-36H,18H2,1-2H3/t26-,28-,29-/m1/s1. The summed E-state index contributed by atoms with van der Waals surface area (Å²) >= 11 is 1.38. The fraction of sp³-hybridized carbons (Fsp3) is 0.200. The number of carbonyl (C=O) groups excluding carboxylic acids is 1. The molecule has 0 saturated carbocycles. The summed E-state index contributed by atoms with van der Waals surface area (Å²) in [7, 11) is 3.89. The molecule has 0 unspecified atom stereocenters. The number of rotatable bonds is 8. The molecule has 3 aromatic carbocycles. The summed E-state index contributed by atoms with van der Waals surface area (Å²) in [6, 6.07) is 24.1. The molecule has 2 N–H and O–H groups in total. The van der Waals surface area contributed by atoms with Crippen molar-refractivity contribution >= 4 is 29.2 Å². The number of hydrogen-bond acceptors (Lipinski definition) is 6. The Morgan fingerprint density at radius 1 is 0.947 bits per heavy atom. The van der Waals surface area contributed by atoms with E-state index in [0.29, 0.717) is 11.3 Å². The number of thioether (sulfide) groups is 1. The predicted octanol–water partition coefficient (Wildman–Crippen LogP) is 5.58. The molecule has 0 aliphatic carbocycles. The maximum absolute atomic E-state index is 13.4. The van der Waals surface area contributed by atoms with E-state index in [0.717, 1.165) is 28.2 Å². The minimum absolute atomic E-state index is 0.0517. The first-order valence-electron chi connectivity index (χ1n) is 12.2. The maximum Gasteiger partial charge on any atom is 0.243 e. The minimum Gasteiger partial charge on any atom is -0.508 e. The number of aliphatic hydroxyl groups is 1. The maximum atomic E-state index is 13.4. The van der Waals surface area contributed by atoms with Crippen molar-refractivity contribution in [3.05, 3.63) is 108 Å². The summed E-state index contributed by atoms with van der Waals surface area (Å²) in [5, 5.41) is 20.0. The van der Waals surface area contributed by atoms with Crippen molar-refractivity contribution in [3.8, 4) is 16.9 Å². The van der Waals surface area contributed by atoms with Gasteiger partial charge >= 0.3 is 0 Å². The Labute approximate surface area is 225 Å². The van der Waals surface area contributed by atoms with Gasteiger partial charge in [-0.05, 0) is 65.2 Å². The number of benzene rings is 3. The van der Waals surface area contributed by atoms with Crippen molar-refractivity contribution in [1.29, 1.82) is 0 Å². The number of β-lactam (4-membered cyclic amide) rings is 1. The fourth-order valence-corrected chi connectivity index (χ4v) is 5.82. The number of aromatic nitrogens is 1. The summed E-state index contributed by atoms with van der Waals surface area (Å²) in [6.45, 7) is 0. The lowest BCUT2D eigenvalue weighted by molar-refractivity contribution is -0.123. The number of aromatic hydroxyl groups is 1. The van der Waals surface area contributed by atoms with E-state index < -0.39 is 11.4 Å². The van der Waals surface area contributed by atoms with Crippen LogP contribution in [0.15, 0.2) is 91.1 Å². The van der Waals surface area contributed by atoms with Crippen LogP contribution >= 0.6 is 11.8 Å². The van der Waals surface area contributed by atoms with E-state index >= 15 is 0 Å². The molecule has 5 rings (SSSR count). The van der Waals surface area contributed by atoms with Crippen molar-refractivity contribution in [2.24, 2.45) is 0 Å². The highest BCUT2D eigenvalue weighted by Crippen LogP contribution is 2.46. The van der Waals surface area contributed by atoms with E-state index in [4.69, 9.17) is 0 Å². The highest BCUT2D eigenvalue weighted by molar-refractivity contribution is 8.00. The SMILES string of the molecule is CN(C)c1ccc(-c2ccc(N3C(=O)[C@H](SC[C@@H](O)c4ccc(F)cc4)[C@H]3c3ccc(O)cc3)cc2)cn1. The van der Waals surface area contributed by atoms with Gasteiger partial charge in [0.25, 0.3) is 0 Å². The van der Waals surface area contributed by atoms with Crippen LogP contribution in [0.2, 0.25) is 0 Å². The van der Waals surface area contributed by atoms with Crippen molar-refractivity contribution in [2.75, 3.05) is 29.6 Å². The summed E-state index contributed by atoms with van der Waals surface area (Å²) in [4.78, 5) is 21.6.